The molecule has 0 fully saturated rings. The molecule has 1 aromatic heterocycles. The second kappa shape index (κ2) is 12.3. The number of hydrogen-bond donors (Lipinski definition) is 1. The average molecular weight is 559 g/mol. The number of hydrogen-bond acceptors (Lipinski definition) is 7. The van der Waals surface area contributed by atoms with Crippen LogP contribution in [0.25, 0.3) is 17.0 Å². The van der Waals surface area contributed by atoms with Gasteiger partial charge in [0.05, 0.1) is 17.0 Å². The molecule has 0 unspecified atom stereocenters. The van der Waals surface area contributed by atoms with Crippen LogP contribution in [0.3, 0.4) is 0 Å². The monoisotopic (exact) mass is 558 g/mol. The molecule has 2 aliphatic rings. The van der Waals surface area contributed by atoms with Gasteiger partial charge in [0.2, 0.25) is 5.17 Å². The minimum atomic E-state index is -0.446. The standard InChI is InChI=1S/C29H30N6O4S/c1-2-3-4-5-6-11-26-32-34-27(30)24(28(36)31-29(34)40-26)18-20-19-33(25-10-8-7-9-23(20)25)16-17-39-22-14-12-21(13-15-22)35(37)38/h7-10,12-15,18-19,30H,2-6,11,16-17H2,1H3/b24-18+,30-27?. The number of nitro benzene ring substituents is 1. The van der Waals surface area contributed by atoms with Gasteiger partial charge in [-0.25, -0.2) is 0 Å². The molecule has 0 bridgehead atoms. The van der Waals surface area contributed by atoms with Gasteiger partial charge in [0.15, 0.2) is 5.84 Å². The normalized spacial score (nSPS) is 15.9. The van der Waals surface area contributed by atoms with Gasteiger partial charge in [0.1, 0.15) is 17.4 Å². The summed E-state index contributed by atoms with van der Waals surface area (Å²) in [6.45, 7) is 3.05. The van der Waals surface area contributed by atoms with Crippen LogP contribution in [0, 0.1) is 15.5 Å². The van der Waals surface area contributed by atoms with E-state index in [0.717, 1.165) is 40.8 Å². The number of para-hydroxylation sites is 1. The van der Waals surface area contributed by atoms with E-state index >= 15 is 0 Å². The van der Waals surface area contributed by atoms with Gasteiger partial charge >= 0.3 is 0 Å². The van der Waals surface area contributed by atoms with Crippen LogP contribution in [0.5, 0.6) is 5.75 Å². The van der Waals surface area contributed by atoms with E-state index in [2.05, 4.69) is 17.0 Å². The number of thioether (sulfide) groups is 1. The van der Waals surface area contributed by atoms with Crippen molar-refractivity contribution in [2.45, 2.75) is 52.0 Å². The Balaban J connectivity index is 1.30. The summed E-state index contributed by atoms with van der Waals surface area (Å²) in [5.41, 5.74) is 1.96. The Morgan fingerprint density at radius 2 is 1.88 bits per heavy atom. The highest BCUT2D eigenvalue weighted by Crippen LogP contribution is 2.31. The lowest BCUT2D eigenvalue weighted by Crippen LogP contribution is -2.35. The molecule has 2 aliphatic heterocycles. The Labute approximate surface area is 236 Å². The number of carbonyl (C=O) groups excluding carboxylic acids is 1. The number of fused-ring (bicyclic) bond motifs is 2. The van der Waals surface area contributed by atoms with E-state index in [0.29, 0.717) is 24.1 Å². The molecule has 0 radical (unpaired) electrons. The van der Waals surface area contributed by atoms with Crippen LogP contribution >= 0.6 is 11.8 Å². The van der Waals surface area contributed by atoms with Crippen molar-refractivity contribution in [1.29, 1.82) is 5.41 Å². The van der Waals surface area contributed by atoms with Gasteiger partial charge in [0, 0.05) is 34.8 Å². The first-order valence-electron chi connectivity index (χ1n) is 13.4. The van der Waals surface area contributed by atoms with Gasteiger partial charge in [0.25, 0.3) is 11.6 Å². The second-order valence-electron chi connectivity index (χ2n) is 9.57. The minimum absolute atomic E-state index is 0.0116. The summed E-state index contributed by atoms with van der Waals surface area (Å²) >= 11 is 1.38. The molecule has 1 N–H and O–H groups in total. The summed E-state index contributed by atoms with van der Waals surface area (Å²) in [5.74, 6) is 0.131. The van der Waals surface area contributed by atoms with Crippen molar-refractivity contribution in [3.63, 3.8) is 0 Å². The van der Waals surface area contributed by atoms with Crippen molar-refractivity contribution in [3.05, 3.63) is 76.0 Å². The van der Waals surface area contributed by atoms with Crippen molar-refractivity contribution >= 4 is 56.4 Å². The van der Waals surface area contributed by atoms with Crippen molar-refractivity contribution in [1.82, 2.24) is 9.58 Å². The van der Waals surface area contributed by atoms with Crippen LogP contribution in [-0.4, -0.2) is 43.1 Å². The van der Waals surface area contributed by atoms with Gasteiger partial charge < -0.3 is 9.30 Å². The van der Waals surface area contributed by atoms with Crippen LogP contribution in [0.15, 0.2) is 70.4 Å². The molecule has 11 heteroatoms. The summed E-state index contributed by atoms with van der Waals surface area (Å²) in [6, 6.07) is 13.8. The first kappa shape index (κ1) is 27.3. The number of amidine groups is 2. The fraction of sp³-hybridized carbons (Fsp3) is 0.310. The molecule has 0 saturated carbocycles. The third-order valence-electron chi connectivity index (χ3n) is 6.76. The van der Waals surface area contributed by atoms with Crippen molar-refractivity contribution in [3.8, 4) is 5.75 Å². The Morgan fingerprint density at radius 1 is 1.10 bits per heavy atom. The number of carbonyl (C=O) groups is 1. The van der Waals surface area contributed by atoms with E-state index in [4.69, 9.17) is 10.1 Å². The third-order valence-corrected chi connectivity index (χ3v) is 7.73. The number of nitrogens with zero attached hydrogens (tertiary/aromatic N) is 5. The Hall–Kier alpha value is -4.25. The van der Waals surface area contributed by atoms with E-state index < -0.39 is 10.8 Å². The predicted octanol–water partition coefficient (Wildman–Crippen LogP) is 6.61. The zero-order valence-corrected chi connectivity index (χ0v) is 23.0. The molecular formula is C29H30N6O4S. The molecule has 0 spiro atoms. The number of amides is 1. The summed E-state index contributed by atoms with van der Waals surface area (Å²) in [6.07, 6.45) is 10.3. The van der Waals surface area contributed by atoms with Crippen LogP contribution in [0.1, 0.15) is 51.0 Å². The summed E-state index contributed by atoms with van der Waals surface area (Å²) in [4.78, 5) is 27.6. The number of unbranched alkanes of at least 4 members (excludes halogenated alkanes) is 4. The SMILES string of the molecule is CCCCCCCC1=NN2C(=N)/C(=C\c3cn(CCOc4ccc([N+](=O)[O-])cc4)c4ccccc34)C(=O)N=C2S1. The summed E-state index contributed by atoms with van der Waals surface area (Å²) < 4.78 is 7.83. The number of hydrazone groups is 1. The number of nitrogens with one attached hydrogen (secondary N) is 1. The maximum absolute atomic E-state index is 13.0. The second-order valence-corrected chi connectivity index (χ2v) is 10.6. The fourth-order valence-corrected chi connectivity index (χ4v) is 5.60. The Bertz CT molecular complexity index is 1540. The van der Waals surface area contributed by atoms with Gasteiger partial charge in [-0.15, -0.1) is 0 Å². The van der Waals surface area contributed by atoms with Crippen molar-refractivity contribution < 1.29 is 14.5 Å². The number of ether oxygens (including phenoxy) is 1. The first-order chi connectivity index (χ1) is 19.4. The molecule has 0 saturated heterocycles. The minimum Gasteiger partial charge on any atom is -0.492 e. The molecule has 2 aromatic carbocycles. The van der Waals surface area contributed by atoms with Gasteiger partial charge in [-0.1, -0.05) is 50.8 Å². The van der Waals surface area contributed by atoms with Crippen LogP contribution in [0.2, 0.25) is 0 Å². The fourth-order valence-electron chi connectivity index (χ4n) is 4.67. The largest absolute Gasteiger partial charge is 0.492 e. The molecule has 1 amide bonds. The number of non-ortho nitro benzene ring substituents is 1. The molecule has 5 rings (SSSR count). The van der Waals surface area contributed by atoms with E-state index in [1.165, 1.54) is 48.2 Å². The van der Waals surface area contributed by atoms with Crippen molar-refractivity contribution in [2.75, 3.05) is 6.61 Å². The zero-order valence-electron chi connectivity index (χ0n) is 22.2. The van der Waals surface area contributed by atoms with Gasteiger partial charge in [-0.2, -0.15) is 15.1 Å². The van der Waals surface area contributed by atoms with E-state index in [1.807, 2.05) is 35.0 Å². The predicted molar refractivity (Wildman–Crippen MR) is 159 cm³/mol. The molecule has 40 heavy (non-hydrogen) atoms. The Kier molecular flexibility index (Phi) is 8.40. The maximum Gasteiger partial charge on any atom is 0.283 e. The number of aliphatic imine (C=N–C) groups is 1. The Morgan fingerprint density at radius 3 is 2.65 bits per heavy atom. The van der Waals surface area contributed by atoms with Gasteiger partial charge in [-0.3, -0.25) is 20.3 Å². The molecule has 0 atom stereocenters. The number of nitro groups is 1. The maximum atomic E-state index is 13.0. The van der Waals surface area contributed by atoms with Crippen LogP contribution in [0.4, 0.5) is 5.69 Å². The van der Waals surface area contributed by atoms with E-state index in [-0.39, 0.29) is 17.1 Å². The summed E-state index contributed by atoms with van der Waals surface area (Å²) in [7, 11) is 0. The van der Waals surface area contributed by atoms with Crippen LogP contribution in [-0.2, 0) is 11.3 Å². The lowest BCUT2D eigenvalue weighted by molar-refractivity contribution is -0.384. The topological polar surface area (TPSA) is 126 Å². The highest BCUT2D eigenvalue weighted by molar-refractivity contribution is 8.26. The number of rotatable bonds is 12. The lowest BCUT2D eigenvalue weighted by atomic mass is 10.1. The molecular weight excluding hydrogens is 528 g/mol. The smallest absolute Gasteiger partial charge is 0.283 e. The quantitative estimate of drug-likeness (QED) is 0.115. The summed E-state index contributed by atoms with van der Waals surface area (Å²) in [5, 5.41) is 27.9. The third kappa shape index (κ3) is 5.99. The highest BCUT2D eigenvalue weighted by Gasteiger charge is 2.35. The van der Waals surface area contributed by atoms with E-state index in [9.17, 15) is 14.9 Å². The average Bonchev–Trinajstić information content (AvgIpc) is 3.52. The number of benzene rings is 2. The van der Waals surface area contributed by atoms with Crippen LogP contribution < -0.4 is 4.74 Å². The van der Waals surface area contributed by atoms with Crippen molar-refractivity contribution in [2.24, 2.45) is 10.1 Å². The van der Waals surface area contributed by atoms with E-state index in [1.54, 1.807) is 18.2 Å². The molecule has 206 valence electrons. The van der Waals surface area contributed by atoms with Gasteiger partial charge in [-0.05, 0) is 48.9 Å². The molecule has 0 aliphatic carbocycles. The highest BCUT2D eigenvalue weighted by atomic mass is 32.2. The zero-order chi connectivity index (χ0) is 28.1. The molecule has 10 nitrogen and oxygen atoms in total. The molecule has 3 heterocycles. The first-order valence-corrected chi connectivity index (χ1v) is 14.2. The number of aromatic nitrogens is 1. The molecule has 3 aromatic rings. The lowest BCUT2D eigenvalue weighted by Gasteiger charge is -2.20.